The van der Waals surface area contributed by atoms with Crippen molar-refractivity contribution in [2.75, 3.05) is 5.32 Å². The Kier molecular flexibility index (Phi) is 3.72. The van der Waals surface area contributed by atoms with Crippen molar-refractivity contribution in [1.29, 1.82) is 0 Å². The first-order valence-electron chi connectivity index (χ1n) is 5.55. The number of rotatable bonds is 3. The summed E-state index contributed by atoms with van der Waals surface area (Å²) < 4.78 is 13.6. The molecule has 4 heteroatoms. The molecule has 0 saturated carbocycles. The zero-order valence-electron chi connectivity index (χ0n) is 9.87. The van der Waals surface area contributed by atoms with Crippen molar-refractivity contribution in [1.82, 2.24) is 0 Å². The molecule has 2 aromatic carbocycles. The van der Waals surface area contributed by atoms with E-state index in [2.05, 4.69) is 5.32 Å². The smallest absolute Gasteiger partial charge is 0.146 e. The van der Waals surface area contributed by atoms with Gasteiger partial charge in [-0.3, -0.25) is 0 Å². The zero-order valence-corrected chi connectivity index (χ0v) is 10.6. The zero-order chi connectivity index (χ0) is 13.1. The Morgan fingerprint density at radius 3 is 2.67 bits per heavy atom. The number of nitrogens with one attached hydrogen (secondary N) is 1. The molecule has 0 spiro atoms. The van der Waals surface area contributed by atoms with Crippen LogP contribution in [-0.2, 0) is 6.54 Å². The summed E-state index contributed by atoms with van der Waals surface area (Å²) in [6, 6.07) is 9.97. The Balaban J connectivity index is 2.19. The van der Waals surface area contributed by atoms with Gasteiger partial charge in [-0.25, -0.2) is 4.39 Å². The van der Waals surface area contributed by atoms with Gasteiger partial charge in [0.25, 0.3) is 0 Å². The number of phenolic OH excluding ortho intramolecular Hbond substituents is 1. The molecule has 0 fully saturated rings. The van der Waals surface area contributed by atoms with Gasteiger partial charge in [0.15, 0.2) is 0 Å². The largest absolute Gasteiger partial charge is 0.506 e. The third-order valence-electron chi connectivity index (χ3n) is 2.75. The number of phenols is 1. The minimum Gasteiger partial charge on any atom is -0.506 e. The highest BCUT2D eigenvalue weighted by Gasteiger charge is 2.08. The topological polar surface area (TPSA) is 32.3 Å². The van der Waals surface area contributed by atoms with Gasteiger partial charge in [0, 0.05) is 12.1 Å². The molecule has 0 radical (unpaired) electrons. The first-order valence-corrected chi connectivity index (χ1v) is 5.92. The molecule has 0 aliphatic rings. The predicted molar refractivity (Wildman–Crippen MR) is 71.6 cm³/mol. The second-order valence-electron chi connectivity index (χ2n) is 4.03. The molecule has 0 aromatic heterocycles. The van der Waals surface area contributed by atoms with E-state index in [-0.39, 0.29) is 11.6 Å². The van der Waals surface area contributed by atoms with Crippen molar-refractivity contribution in [3.63, 3.8) is 0 Å². The molecule has 0 atom stereocenters. The van der Waals surface area contributed by atoms with E-state index < -0.39 is 0 Å². The van der Waals surface area contributed by atoms with Crippen LogP contribution in [0, 0.1) is 12.7 Å². The van der Waals surface area contributed by atoms with Crippen molar-refractivity contribution < 1.29 is 9.50 Å². The Morgan fingerprint density at radius 2 is 1.94 bits per heavy atom. The normalized spacial score (nSPS) is 10.4. The van der Waals surface area contributed by atoms with Crippen LogP contribution in [0.3, 0.4) is 0 Å². The summed E-state index contributed by atoms with van der Waals surface area (Å²) in [4.78, 5) is 0. The lowest BCUT2D eigenvalue weighted by Crippen LogP contribution is -2.03. The Bertz CT molecular complexity index is 551. The highest BCUT2D eigenvalue weighted by molar-refractivity contribution is 6.32. The Morgan fingerprint density at radius 1 is 1.22 bits per heavy atom. The van der Waals surface area contributed by atoms with E-state index in [1.54, 1.807) is 24.3 Å². The highest BCUT2D eigenvalue weighted by Crippen LogP contribution is 2.28. The molecule has 2 N–H and O–H groups in total. The summed E-state index contributed by atoms with van der Waals surface area (Å²) in [6.07, 6.45) is 0. The third kappa shape index (κ3) is 2.57. The number of halogens is 2. The average Bonchev–Trinajstić information content (AvgIpc) is 2.33. The van der Waals surface area contributed by atoms with Gasteiger partial charge in [0.2, 0.25) is 0 Å². The maximum atomic E-state index is 13.6. The first-order chi connectivity index (χ1) is 8.59. The SMILES string of the molecule is Cc1cccc(F)c1NCc1cccc(Cl)c1O. The molecule has 0 bridgehead atoms. The Hall–Kier alpha value is -1.74. The van der Waals surface area contributed by atoms with Crippen molar-refractivity contribution in [3.05, 3.63) is 58.4 Å². The predicted octanol–water partition coefficient (Wildman–Crippen LogP) is 4.11. The van der Waals surface area contributed by atoms with Crippen LogP contribution in [0.25, 0.3) is 0 Å². The highest BCUT2D eigenvalue weighted by atomic mass is 35.5. The van der Waals surface area contributed by atoms with Crippen LogP contribution in [0.1, 0.15) is 11.1 Å². The minimum atomic E-state index is -0.309. The average molecular weight is 266 g/mol. The van der Waals surface area contributed by atoms with Crippen LogP contribution >= 0.6 is 11.6 Å². The number of hydrogen-bond donors (Lipinski definition) is 2. The maximum Gasteiger partial charge on any atom is 0.146 e. The molecular weight excluding hydrogens is 253 g/mol. The van der Waals surface area contributed by atoms with Crippen molar-refractivity contribution >= 4 is 17.3 Å². The molecule has 2 aromatic rings. The lowest BCUT2D eigenvalue weighted by Gasteiger charge is -2.12. The van der Waals surface area contributed by atoms with Gasteiger partial charge in [0.1, 0.15) is 11.6 Å². The van der Waals surface area contributed by atoms with E-state index in [9.17, 15) is 9.50 Å². The summed E-state index contributed by atoms with van der Waals surface area (Å²) in [6.45, 7) is 2.14. The van der Waals surface area contributed by atoms with Gasteiger partial charge in [-0.15, -0.1) is 0 Å². The molecule has 2 rings (SSSR count). The second-order valence-corrected chi connectivity index (χ2v) is 4.44. The number of para-hydroxylation sites is 2. The molecule has 0 heterocycles. The molecule has 0 amide bonds. The van der Waals surface area contributed by atoms with Gasteiger partial charge in [-0.2, -0.15) is 0 Å². The fraction of sp³-hybridized carbons (Fsp3) is 0.143. The Labute approximate surface area is 110 Å². The summed E-state index contributed by atoms with van der Waals surface area (Å²) in [5.74, 6) is -0.280. The van der Waals surface area contributed by atoms with E-state index in [1.807, 2.05) is 13.0 Å². The molecule has 2 nitrogen and oxygen atoms in total. The van der Waals surface area contributed by atoms with E-state index in [1.165, 1.54) is 6.07 Å². The molecule has 18 heavy (non-hydrogen) atoms. The van der Waals surface area contributed by atoms with Crippen LogP contribution < -0.4 is 5.32 Å². The van der Waals surface area contributed by atoms with Gasteiger partial charge in [0.05, 0.1) is 10.7 Å². The molecule has 0 aliphatic heterocycles. The molecule has 94 valence electrons. The van der Waals surface area contributed by atoms with Crippen LogP contribution in [0.5, 0.6) is 5.75 Å². The summed E-state index contributed by atoms with van der Waals surface area (Å²) >= 11 is 5.81. The number of hydrogen-bond acceptors (Lipinski definition) is 2. The van der Waals surface area contributed by atoms with Crippen molar-refractivity contribution in [2.45, 2.75) is 13.5 Å². The first kappa shape index (κ1) is 12.7. The van der Waals surface area contributed by atoms with Crippen LogP contribution in [-0.4, -0.2) is 5.11 Å². The van der Waals surface area contributed by atoms with Gasteiger partial charge >= 0.3 is 0 Å². The second kappa shape index (κ2) is 5.27. The summed E-state index contributed by atoms with van der Waals surface area (Å²) in [7, 11) is 0. The molecule has 0 aliphatic carbocycles. The molecule has 0 saturated heterocycles. The van der Waals surface area contributed by atoms with E-state index >= 15 is 0 Å². The lowest BCUT2D eigenvalue weighted by molar-refractivity contribution is 0.469. The molecule has 0 unspecified atom stereocenters. The fourth-order valence-corrected chi connectivity index (χ4v) is 1.94. The third-order valence-corrected chi connectivity index (χ3v) is 3.05. The van der Waals surface area contributed by atoms with Crippen molar-refractivity contribution in [2.24, 2.45) is 0 Å². The van der Waals surface area contributed by atoms with E-state index in [0.29, 0.717) is 22.8 Å². The summed E-state index contributed by atoms with van der Waals surface area (Å²) in [5.41, 5.74) is 1.89. The van der Waals surface area contributed by atoms with Crippen LogP contribution in [0.4, 0.5) is 10.1 Å². The van der Waals surface area contributed by atoms with Gasteiger partial charge in [-0.05, 0) is 24.6 Å². The summed E-state index contributed by atoms with van der Waals surface area (Å²) in [5, 5.41) is 13.0. The standard InChI is InChI=1S/C14H13ClFNO/c1-9-4-2-7-12(16)13(9)17-8-10-5-3-6-11(15)14(10)18/h2-7,17-18H,8H2,1H3. The minimum absolute atomic E-state index is 0.0284. The molecular formula is C14H13ClFNO. The van der Waals surface area contributed by atoms with Gasteiger partial charge < -0.3 is 10.4 Å². The lowest BCUT2D eigenvalue weighted by atomic mass is 10.1. The maximum absolute atomic E-state index is 13.6. The van der Waals surface area contributed by atoms with Crippen LogP contribution in [0.15, 0.2) is 36.4 Å². The number of benzene rings is 2. The van der Waals surface area contributed by atoms with E-state index in [4.69, 9.17) is 11.6 Å². The van der Waals surface area contributed by atoms with Crippen molar-refractivity contribution in [3.8, 4) is 5.75 Å². The quantitative estimate of drug-likeness (QED) is 0.875. The fourth-order valence-electron chi connectivity index (χ4n) is 1.74. The van der Waals surface area contributed by atoms with Gasteiger partial charge in [-0.1, -0.05) is 35.9 Å². The van der Waals surface area contributed by atoms with Crippen LogP contribution in [0.2, 0.25) is 5.02 Å². The number of aryl methyl sites for hydroxylation is 1. The monoisotopic (exact) mass is 265 g/mol. The van der Waals surface area contributed by atoms with E-state index in [0.717, 1.165) is 5.56 Å². The number of anilines is 1. The number of aromatic hydroxyl groups is 1.